The van der Waals surface area contributed by atoms with E-state index in [1.165, 1.54) is 12.5 Å². The van der Waals surface area contributed by atoms with Gasteiger partial charge in [0.1, 0.15) is 5.82 Å². The predicted molar refractivity (Wildman–Crippen MR) is 64.7 cm³/mol. The van der Waals surface area contributed by atoms with Crippen LogP contribution in [0.5, 0.6) is 0 Å². The van der Waals surface area contributed by atoms with Gasteiger partial charge in [-0.05, 0) is 37.0 Å². The molecule has 0 aliphatic carbocycles. The first-order chi connectivity index (χ1) is 7.16. The first-order valence-corrected chi connectivity index (χ1v) is 6.16. The fraction of sp³-hybridized carbons (Fsp3) is 0.500. The molecule has 1 atom stereocenters. The lowest BCUT2D eigenvalue weighted by molar-refractivity contribution is 0.442. The topological polar surface area (TPSA) is 3.24 Å². The average Bonchev–Trinajstić information content (AvgIpc) is 2.22. The normalized spacial score (nSPS) is 21.8. The fourth-order valence-corrected chi connectivity index (χ4v) is 2.49. The number of hydrogen-bond donors (Lipinski definition) is 0. The summed E-state index contributed by atoms with van der Waals surface area (Å²) in [7, 11) is 0. The molecule has 82 valence electrons. The number of hydrogen-bond acceptors (Lipinski definition) is 1. The highest BCUT2D eigenvalue weighted by atomic mass is 79.9. The lowest BCUT2D eigenvalue weighted by Gasteiger charge is -2.33. The second kappa shape index (κ2) is 4.52. The highest BCUT2D eigenvalue weighted by Crippen LogP contribution is 2.27. The van der Waals surface area contributed by atoms with Crippen LogP contribution in [0.25, 0.3) is 0 Å². The first kappa shape index (κ1) is 10.9. The van der Waals surface area contributed by atoms with Gasteiger partial charge in [0.25, 0.3) is 0 Å². The molecule has 1 aliphatic heterocycles. The van der Waals surface area contributed by atoms with Crippen LogP contribution < -0.4 is 4.90 Å². The number of halogens is 2. The number of benzene rings is 1. The van der Waals surface area contributed by atoms with E-state index in [0.29, 0.717) is 5.92 Å². The van der Waals surface area contributed by atoms with Crippen molar-refractivity contribution < 1.29 is 4.39 Å². The summed E-state index contributed by atoms with van der Waals surface area (Å²) in [5.74, 6) is 0.546. The molecule has 1 fully saturated rings. The third-order valence-electron chi connectivity index (χ3n) is 2.91. The van der Waals surface area contributed by atoms with E-state index < -0.39 is 0 Å². The second-order valence-electron chi connectivity index (χ2n) is 4.29. The van der Waals surface area contributed by atoms with E-state index in [-0.39, 0.29) is 5.82 Å². The van der Waals surface area contributed by atoms with Crippen LogP contribution in [-0.4, -0.2) is 13.1 Å². The molecule has 0 bridgehead atoms. The number of piperidine rings is 1. The van der Waals surface area contributed by atoms with Gasteiger partial charge in [-0.1, -0.05) is 22.9 Å². The van der Waals surface area contributed by atoms with Gasteiger partial charge in [0.15, 0.2) is 0 Å². The summed E-state index contributed by atoms with van der Waals surface area (Å²) < 4.78 is 14.6. The Kier molecular flexibility index (Phi) is 3.29. The second-order valence-corrected chi connectivity index (χ2v) is 5.20. The molecule has 1 aliphatic rings. The Morgan fingerprint density at radius 1 is 1.47 bits per heavy atom. The molecule has 0 spiro atoms. The van der Waals surface area contributed by atoms with Gasteiger partial charge in [-0.15, -0.1) is 0 Å². The van der Waals surface area contributed by atoms with E-state index >= 15 is 0 Å². The van der Waals surface area contributed by atoms with Crippen LogP contribution in [0, 0.1) is 11.7 Å². The SMILES string of the molecule is CC1CCCN(c2cc(Br)ccc2F)C1. The first-order valence-electron chi connectivity index (χ1n) is 5.37. The van der Waals surface area contributed by atoms with Crippen molar-refractivity contribution in [2.45, 2.75) is 19.8 Å². The van der Waals surface area contributed by atoms with E-state index in [1.807, 2.05) is 6.07 Å². The zero-order valence-electron chi connectivity index (χ0n) is 8.84. The van der Waals surface area contributed by atoms with Crippen LogP contribution in [0.2, 0.25) is 0 Å². The van der Waals surface area contributed by atoms with Crippen molar-refractivity contribution in [3.05, 3.63) is 28.5 Å². The molecular formula is C12H15BrFN. The quantitative estimate of drug-likeness (QED) is 0.751. The van der Waals surface area contributed by atoms with E-state index in [1.54, 1.807) is 6.07 Å². The van der Waals surface area contributed by atoms with Crippen LogP contribution >= 0.6 is 15.9 Å². The molecule has 1 aromatic rings. The minimum atomic E-state index is -0.118. The largest absolute Gasteiger partial charge is 0.369 e. The summed E-state index contributed by atoms with van der Waals surface area (Å²) in [6, 6.07) is 5.14. The molecule has 2 rings (SSSR count). The standard InChI is InChI=1S/C12H15BrFN/c1-9-3-2-6-15(8-9)12-7-10(13)4-5-11(12)14/h4-5,7,9H,2-3,6,8H2,1H3. The van der Waals surface area contributed by atoms with E-state index in [0.717, 1.165) is 29.7 Å². The van der Waals surface area contributed by atoms with Crippen LogP contribution in [0.15, 0.2) is 22.7 Å². The molecule has 1 heterocycles. The molecule has 3 heteroatoms. The Labute approximate surface area is 98.4 Å². The molecule has 0 amide bonds. The van der Waals surface area contributed by atoms with E-state index in [9.17, 15) is 4.39 Å². The van der Waals surface area contributed by atoms with Crippen molar-refractivity contribution in [1.82, 2.24) is 0 Å². The molecule has 1 unspecified atom stereocenters. The summed E-state index contributed by atoms with van der Waals surface area (Å²) in [6.07, 6.45) is 2.42. The maximum atomic E-state index is 13.6. The molecule has 0 aromatic heterocycles. The van der Waals surface area contributed by atoms with E-state index in [4.69, 9.17) is 0 Å². The molecule has 15 heavy (non-hydrogen) atoms. The monoisotopic (exact) mass is 271 g/mol. The summed E-state index contributed by atoms with van der Waals surface area (Å²) in [5, 5.41) is 0. The maximum Gasteiger partial charge on any atom is 0.146 e. The summed E-state index contributed by atoms with van der Waals surface area (Å²) in [5.41, 5.74) is 0.732. The maximum absolute atomic E-state index is 13.6. The van der Waals surface area contributed by atoms with Crippen molar-refractivity contribution in [2.75, 3.05) is 18.0 Å². The van der Waals surface area contributed by atoms with Crippen molar-refractivity contribution in [1.29, 1.82) is 0 Å². The summed E-state index contributed by atoms with van der Waals surface area (Å²) in [4.78, 5) is 2.15. The molecule has 0 radical (unpaired) electrons. The summed E-state index contributed by atoms with van der Waals surface area (Å²) in [6.45, 7) is 4.16. The Morgan fingerprint density at radius 3 is 3.00 bits per heavy atom. The van der Waals surface area contributed by atoms with E-state index in [2.05, 4.69) is 27.8 Å². The van der Waals surface area contributed by atoms with Crippen LogP contribution in [0.4, 0.5) is 10.1 Å². The van der Waals surface area contributed by atoms with Crippen molar-refractivity contribution in [2.24, 2.45) is 5.92 Å². The fourth-order valence-electron chi connectivity index (χ4n) is 2.14. The van der Waals surface area contributed by atoms with Gasteiger partial charge in [-0.3, -0.25) is 0 Å². The highest BCUT2D eigenvalue weighted by Gasteiger charge is 2.19. The number of rotatable bonds is 1. The average molecular weight is 272 g/mol. The lowest BCUT2D eigenvalue weighted by Crippen LogP contribution is -2.34. The molecule has 0 N–H and O–H groups in total. The van der Waals surface area contributed by atoms with Crippen molar-refractivity contribution in [3.8, 4) is 0 Å². The molecule has 0 saturated carbocycles. The van der Waals surface area contributed by atoms with Crippen LogP contribution in [-0.2, 0) is 0 Å². The molecule has 1 nitrogen and oxygen atoms in total. The third-order valence-corrected chi connectivity index (χ3v) is 3.40. The van der Waals surface area contributed by atoms with Gasteiger partial charge < -0.3 is 4.90 Å². The molecular weight excluding hydrogens is 257 g/mol. The van der Waals surface area contributed by atoms with Gasteiger partial charge in [0, 0.05) is 17.6 Å². The molecule has 1 aromatic carbocycles. The van der Waals surface area contributed by atoms with Crippen LogP contribution in [0.1, 0.15) is 19.8 Å². The Balaban J connectivity index is 2.24. The Morgan fingerprint density at radius 2 is 2.27 bits per heavy atom. The van der Waals surface area contributed by atoms with Gasteiger partial charge in [0.2, 0.25) is 0 Å². The summed E-state index contributed by atoms with van der Waals surface area (Å²) >= 11 is 3.38. The van der Waals surface area contributed by atoms with Crippen molar-refractivity contribution >= 4 is 21.6 Å². The van der Waals surface area contributed by atoms with Gasteiger partial charge in [0.05, 0.1) is 5.69 Å². The zero-order chi connectivity index (χ0) is 10.8. The highest BCUT2D eigenvalue weighted by molar-refractivity contribution is 9.10. The third kappa shape index (κ3) is 2.51. The minimum absolute atomic E-state index is 0.118. The van der Waals surface area contributed by atoms with Gasteiger partial charge in [-0.25, -0.2) is 4.39 Å². The van der Waals surface area contributed by atoms with Crippen LogP contribution in [0.3, 0.4) is 0 Å². The smallest absolute Gasteiger partial charge is 0.146 e. The molecule has 1 saturated heterocycles. The lowest BCUT2D eigenvalue weighted by atomic mass is 10.00. The number of nitrogens with zero attached hydrogens (tertiary/aromatic N) is 1. The van der Waals surface area contributed by atoms with Gasteiger partial charge in [-0.2, -0.15) is 0 Å². The van der Waals surface area contributed by atoms with Gasteiger partial charge >= 0.3 is 0 Å². The number of anilines is 1. The Hall–Kier alpha value is -0.570. The zero-order valence-corrected chi connectivity index (χ0v) is 10.4. The Bertz CT molecular complexity index is 353. The predicted octanol–water partition coefficient (Wildman–Crippen LogP) is 3.82. The van der Waals surface area contributed by atoms with Crippen molar-refractivity contribution in [3.63, 3.8) is 0 Å². The minimum Gasteiger partial charge on any atom is -0.369 e.